The zero-order valence-electron chi connectivity index (χ0n) is 6.86. The van der Waals surface area contributed by atoms with Gasteiger partial charge >= 0.3 is 0 Å². The summed E-state index contributed by atoms with van der Waals surface area (Å²) in [4.78, 5) is 6.08. The van der Waals surface area contributed by atoms with Crippen LogP contribution in [0, 0.1) is 6.92 Å². The lowest BCUT2D eigenvalue weighted by Crippen LogP contribution is -2.18. The molecule has 1 aromatic heterocycles. The summed E-state index contributed by atoms with van der Waals surface area (Å²) in [5.41, 5.74) is 1.06. The second-order valence-electron chi connectivity index (χ2n) is 2.69. The SMILES string of the molecule is Cc1cc(N2C=CC=NC2)n[nH]1. The molecular weight excluding hydrogens is 152 g/mol. The van der Waals surface area contributed by atoms with Gasteiger partial charge in [-0.2, -0.15) is 5.10 Å². The van der Waals surface area contributed by atoms with E-state index >= 15 is 0 Å². The highest BCUT2D eigenvalue weighted by atomic mass is 15.3. The van der Waals surface area contributed by atoms with E-state index in [1.165, 1.54) is 0 Å². The van der Waals surface area contributed by atoms with Gasteiger partial charge in [-0.15, -0.1) is 0 Å². The number of aromatic nitrogens is 2. The smallest absolute Gasteiger partial charge is 0.156 e. The Morgan fingerprint density at radius 1 is 1.58 bits per heavy atom. The van der Waals surface area contributed by atoms with E-state index in [1.807, 2.05) is 30.2 Å². The Bertz CT molecular complexity index is 324. The van der Waals surface area contributed by atoms with Crippen molar-refractivity contribution in [1.82, 2.24) is 10.2 Å². The van der Waals surface area contributed by atoms with Crippen LogP contribution in [0.4, 0.5) is 5.82 Å². The maximum absolute atomic E-state index is 4.12. The number of aliphatic imine (C=N–C) groups is 1. The highest BCUT2D eigenvalue weighted by Crippen LogP contribution is 2.12. The molecular formula is C8H10N4. The Morgan fingerprint density at radius 2 is 2.50 bits per heavy atom. The summed E-state index contributed by atoms with van der Waals surface area (Å²) in [5.74, 6) is 0.917. The van der Waals surface area contributed by atoms with Crippen molar-refractivity contribution in [3.63, 3.8) is 0 Å². The standard InChI is InChI=1S/C8H10N4/c1-7-5-8(11-10-7)12-4-2-3-9-6-12/h2-5H,6H2,1H3,(H,10,11). The van der Waals surface area contributed by atoms with Crippen molar-refractivity contribution in [1.29, 1.82) is 0 Å². The molecule has 0 spiro atoms. The molecule has 0 aromatic carbocycles. The molecule has 4 nitrogen and oxygen atoms in total. The maximum Gasteiger partial charge on any atom is 0.156 e. The van der Waals surface area contributed by atoms with E-state index in [1.54, 1.807) is 6.21 Å². The zero-order chi connectivity index (χ0) is 8.39. The van der Waals surface area contributed by atoms with Crippen LogP contribution in [0.15, 0.2) is 23.3 Å². The number of nitrogens with one attached hydrogen (secondary N) is 1. The van der Waals surface area contributed by atoms with Gasteiger partial charge in [-0.1, -0.05) is 0 Å². The first-order valence-corrected chi connectivity index (χ1v) is 3.81. The van der Waals surface area contributed by atoms with Crippen LogP contribution in [0.2, 0.25) is 0 Å². The van der Waals surface area contributed by atoms with Gasteiger partial charge in [-0.3, -0.25) is 10.1 Å². The first-order chi connectivity index (χ1) is 5.86. The van der Waals surface area contributed by atoms with E-state index in [9.17, 15) is 0 Å². The van der Waals surface area contributed by atoms with Crippen molar-refractivity contribution in [2.24, 2.45) is 4.99 Å². The molecule has 1 aromatic rings. The van der Waals surface area contributed by atoms with E-state index in [2.05, 4.69) is 15.2 Å². The van der Waals surface area contributed by atoms with Gasteiger partial charge in [0, 0.05) is 24.2 Å². The Kier molecular flexibility index (Phi) is 1.66. The van der Waals surface area contributed by atoms with E-state index in [-0.39, 0.29) is 0 Å². The Hall–Kier alpha value is -1.58. The summed E-state index contributed by atoms with van der Waals surface area (Å²) in [6.45, 7) is 2.63. The van der Waals surface area contributed by atoms with Crippen LogP contribution in [0.1, 0.15) is 5.69 Å². The molecule has 0 aliphatic carbocycles. The van der Waals surface area contributed by atoms with Crippen LogP contribution in [0.25, 0.3) is 0 Å². The van der Waals surface area contributed by atoms with Gasteiger partial charge in [0.25, 0.3) is 0 Å². The summed E-state index contributed by atoms with van der Waals surface area (Å²) in [7, 11) is 0. The third kappa shape index (κ3) is 1.23. The number of hydrogen-bond donors (Lipinski definition) is 1. The average molecular weight is 162 g/mol. The van der Waals surface area contributed by atoms with Crippen molar-refractivity contribution in [3.05, 3.63) is 24.0 Å². The minimum atomic E-state index is 0.654. The molecule has 12 heavy (non-hydrogen) atoms. The molecule has 1 N–H and O–H groups in total. The predicted octanol–water partition coefficient (Wildman–Crippen LogP) is 1.08. The molecule has 0 unspecified atom stereocenters. The van der Waals surface area contributed by atoms with Gasteiger partial charge in [0.1, 0.15) is 6.67 Å². The fourth-order valence-electron chi connectivity index (χ4n) is 1.09. The van der Waals surface area contributed by atoms with E-state index < -0.39 is 0 Å². The number of aryl methyl sites for hydroxylation is 1. The summed E-state index contributed by atoms with van der Waals surface area (Å²) >= 11 is 0. The molecule has 0 radical (unpaired) electrons. The van der Waals surface area contributed by atoms with Gasteiger partial charge in [-0.05, 0) is 13.0 Å². The summed E-state index contributed by atoms with van der Waals surface area (Å²) < 4.78 is 0. The van der Waals surface area contributed by atoms with Crippen molar-refractivity contribution >= 4 is 12.0 Å². The van der Waals surface area contributed by atoms with Gasteiger partial charge in [0.05, 0.1) is 0 Å². The molecule has 2 heterocycles. The number of anilines is 1. The quantitative estimate of drug-likeness (QED) is 0.671. The third-order valence-electron chi connectivity index (χ3n) is 1.68. The number of H-pyrrole nitrogens is 1. The number of rotatable bonds is 1. The van der Waals surface area contributed by atoms with Crippen LogP contribution >= 0.6 is 0 Å². The lowest BCUT2D eigenvalue weighted by atomic mass is 10.4. The van der Waals surface area contributed by atoms with E-state index in [0.29, 0.717) is 6.67 Å². The fraction of sp³-hybridized carbons (Fsp3) is 0.250. The minimum absolute atomic E-state index is 0.654. The van der Waals surface area contributed by atoms with Crippen LogP contribution in [0.3, 0.4) is 0 Å². The summed E-state index contributed by atoms with van der Waals surface area (Å²) in [5, 5.41) is 7.00. The van der Waals surface area contributed by atoms with Crippen molar-refractivity contribution in [3.8, 4) is 0 Å². The van der Waals surface area contributed by atoms with E-state index in [4.69, 9.17) is 0 Å². The van der Waals surface area contributed by atoms with Crippen LogP contribution in [-0.4, -0.2) is 23.1 Å². The van der Waals surface area contributed by atoms with Crippen molar-refractivity contribution in [2.45, 2.75) is 6.92 Å². The van der Waals surface area contributed by atoms with E-state index in [0.717, 1.165) is 11.5 Å². The summed E-state index contributed by atoms with van der Waals surface area (Å²) in [6.07, 6.45) is 5.64. The Labute approximate surface area is 70.6 Å². The maximum atomic E-state index is 4.12. The lowest BCUT2D eigenvalue weighted by molar-refractivity contribution is 0.925. The van der Waals surface area contributed by atoms with Gasteiger partial charge < -0.3 is 4.90 Å². The number of aromatic amines is 1. The zero-order valence-corrected chi connectivity index (χ0v) is 6.86. The first kappa shape index (κ1) is 7.09. The van der Waals surface area contributed by atoms with Crippen LogP contribution < -0.4 is 4.90 Å². The largest absolute Gasteiger partial charge is 0.311 e. The molecule has 0 saturated heterocycles. The molecule has 0 saturated carbocycles. The number of hydrogen-bond acceptors (Lipinski definition) is 3. The molecule has 4 heteroatoms. The predicted molar refractivity (Wildman–Crippen MR) is 48.3 cm³/mol. The molecule has 62 valence electrons. The Balaban J connectivity index is 2.20. The minimum Gasteiger partial charge on any atom is -0.311 e. The average Bonchev–Trinajstić information content (AvgIpc) is 2.54. The van der Waals surface area contributed by atoms with Gasteiger partial charge in [0.2, 0.25) is 0 Å². The number of allylic oxidation sites excluding steroid dienone is 1. The molecule has 1 aliphatic rings. The molecule has 0 bridgehead atoms. The Morgan fingerprint density at radius 3 is 3.08 bits per heavy atom. The third-order valence-corrected chi connectivity index (χ3v) is 1.68. The second kappa shape index (κ2) is 2.81. The fourth-order valence-corrected chi connectivity index (χ4v) is 1.09. The summed E-state index contributed by atoms with van der Waals surface area (Å²) in [6, 6.07) is 1.99. The van der Waals surface area contributed by atoms with Crippen LogP contribution in [-0.2, 0) is 0 Å². The lowest BCUT2D eigenvalue weighted by Gasteiger charge is -2.15. The molecule has 0 amide bonds. The number of nitrogens with zero attached hydrogens (tertiary/aromatic N) is 3. The normalized spacial score (nSPS) is 15.6. The van der Waals surface area contributed by atoms with Crippen molar-refractivity contribution < 1.29 is 0 Å². The van der Waals surface area contributed by atoms with Gasteiger partial charge in [0.15, 0.2) is 5.82 Å². The van der Waals surface area contributed by atoms with Gasteiger partial charge in [-0.25, -0.2) is 0 Å². The highest BCUT2D eigenvalue weighted by molar-refractivity contribution is 5.73. The molecule has 0 atom stereocenters. The molecule has 2 rings (SSSR count). The molecule has 0 fully saturated rings. The highest BCUT2D eigenvalue weighted by Gasteiger charge is 2.06. The second-order valence-corrected chi connectivity index (χ2v) is 2.69. The van der Waals surface area contributed by atoms with Crippen molar-refractivity contribution in [2.75, 3.05) is 11.6 Å². The topological polar surface area (TPSA) is 44.3 Å². The first-order valence-electron chi connectivity index (χ1n) is 3.81. The monoisotopic (exact) mass is 162 g/mol. The molecule has 1 aliphatic heterocycles. The van der Waals surface area contributed by atoms with Crippen LogP contribution in [0.5, 0.6) is 0 Å².